The number of amides is 1. The van der Waals surface area contributed by atoms with Gasteiger partial charge in [0.05, 0.1) is 0 Å². The van der Waals surface area contributed by atoms with E-state index in [0.717, 1.165) is 23.8 Å². The molecule has 0 heterocycles. The van der Waals surface area contributed by atoms with Crippen LogP contribution in [0.3, 0.4) is 0 Å². The highest BCUT2D eigenvalue weighted by Crippen LogP contribution is 2.73. The van der Waals surface area contributed by atoms with E-state index in [1.165, 1.54) is 25.7 Å². The summed E-state index contributed by atoms with van der Waals surface area (Å²) in [5.41, 5.74) is 3.03. The molecule has 4 unspecified atom stereocenters. The molecule has 102 valence electrons. The Morgan fingerprint density at radius 2 is 2.05 bits per heavy atom. The molecule has 3 saturated carbocycles. The average Bonchev–Trinajstić information content (AvgIpc) is 2.75. The van der Waals surface area contributed by atoms with E-state index in [1.807, 2.05) is 30.3 Å². The van der Waals surface area contributed by atoms with Crippen molar-refractivity contribution in [1.82, 2.24) is 5.32 Å². The normalized spacial score (nSPS) is 42.9. The van der Waals surface area contributed by atoms with Crippen molar-refractivity contribution in [1.29, 1.82) is 0 Å². The summed E-state index contributed by atoms with van der Waals surface area (Å²) in [4.78, 5) is 12.5. The number of carbonyl (C=O) groups is 1. The van der Waals surface area contributed by atoms with Gasteiger partial charge < -0.3 is 5.32 Å². The van der Waals surface area contributed by atoms with Crippen LogP contribution in [0.15, 0.2) is 42.0 Å². The van der Waals surface area contributed by atoms with Crippen LogP contribution in [-0.4, -0.2) is 11.4 Å². The fourth-order valence-electron chi connectivity index (χ4n) is 5.72. The molecule has 5 rings (SSSR count). The van der Waals surface area contributed by atoms with Crippen LogP contribution >= 0.6 is 0 Å². The molecule has 1 aromatic carbocycles. The van der Waals surface area contributed by atoms with Gasteiger partial charge >= 0.3 is 0 Å². The predicted octanol–water partition coefficient (Wildman–Crippen LogP) is 3.31. The number of hydrogen-bond acceptors (Lipinski definition) is 1. The monoisotopic (exact) mass is 265 g/mol. The van der Waals surface area contributed by atoms with Crippen molar-refractivity contribution in [3.05, 3.63) is 47.5 Å². The van der Waals surface area contributed by atoms with E-state index in [1.54, 1.807) is 5.57 Å². The molecule has 20 heavy (non-hydrogen) atoms. The molecule has 3 fully saturated rings. The van der Waals surface area contributed by atoms with Crippen LogP contribution in [0.4, 0.5) is 0 Å². The Morgan fingerprint density at radius 1 is 1.20 bits per heavy atom. The summed E-state index contributed by atoms with van der Waals surface area (Å²) in [5.74, 6) is 1.78. The molecule has 0 aromatic heterocycles. The molecule has 3 bridgehead atoms. The largest absolute Gasteiger partial charge is 0.346 e. The summed E-state index contributed by atoms with van der Waals surface area (Å²) in [6.45, 7) is 0. The number of rotatable bonds is 2. The Morgan fingerprint density at radius 3 is 2.90 bits per heavy atom. The molecule has 0 aliphatic heterocycles. The molecule has 1 aromatic rings. The maximum atomic E-state index is 12.5. The lowest BCUT2D eigenvalue weighted by Gasteiger charge is -2.42. The minimum atomic E-state index is 0.0624. The van der Waals surface area contributed by atoms with Gasteiger partial charge in [0.2, 0.25) is 0 Å². The second-order valence-corrected chi connectivity index (χ2v) is 7.42. The number of carbonyl (C=O) groups excluding carboxylic acids is 1. The average molecular weight is 265 g/mol. The zero-order valence-corrected chi connectivity index (χ0v) is 11.6. The number of benzene rings is 1. The fourth-order valence-corrected chi connectivity index (χ4v) is 5.72. The quantitative estimate of drug-likeness (QED) is 0.817. The van der Waals surface area contributed by atoms with E-state index in [0.29, 0.717) is 5.41 Å². The van der Waals surface area contributed by atoms with E-state index >= 15 is 0 Å². The Kier molecular flexibility index (Phi) is 1.87. The third-order valence-corrected chi connectivity index (χ3v) is 6.27. The van der Waals surface area contributed by atoms with E-state index in [-0.39, 0.29) is 11.4 Å². The van der Waals surface area contributed by atoms with Gasteiger partial charge in [-0.05, 0) is 56.1 Å². The van der Waals surface area contributed by atoms with Crippen molar-refractivity contribution in [3.63, 3.8) is 0 Å². The predicted molar refractivity (Wildman–Crippen MR) is 77.2 cm³/mol. The maximum absolute atomic E-state index is 12.5. The number of fused-ring (bicyclic) bond motifs is 2. The Bertz CT molecular complexity index is 634. The third kappa shape index (κ3) is 1.23. The molecule has 4 aliphatic rings. The highest BCUT2D eigenvalue weighted by atomic mass is 16.1. The number of nitrogens with one attached hydrogen (secondary N) is 1. The number of allylic oxidation sites excluding steroid dienone is 1. The molecule has 1 spiro atoms. The molecular weight excluding hydrogens is 246 g/mol. The SMILES string of the molecule is O=C(NC12CC3=CC4CC(C1)CC34C2)c1ccccc1. The van der Waals surface area contributed by atoms with Gasteiger partial charge in [0, 0.05) is 16.5 Å². The van der Waals surface area contributed by atoms with Gasteiger partial charge in [0.15, 0.2) is 0 Å². The third-order valence-electron chi connectivity index (χ3n) is 6.27. The van der Waals surface area contributed by atoms with E-state index in [4.69, 9.17) is 0 Å². The molecule has 4 aliphatic carbocycles. The smallest absolute Gasteiger partial charge is 0.251 e. The van der Waals surface area contributed by atoms with Gasteiger partial charge in [0.25, 0.3) is 5.91 Å². The molecule has 2 nitrogen and oxygen atoms in total. The lowest BCUT2D eigenvalue weighted by molar-refractivity contribution is 0.0845. The van der Waals surface area contributed by atoms with Gasteiger partial charge in [-0.2, -0.15) is 0 Å². The van der Waals surface area contributed by atoms with E-state index < -0.39 is 0 Å². The summed E-state index contributed by atoms with van der Waals surface area (Å²) >= 11 is 0. The van der Waals surface area contributed by atoms with Crippen LogP contribution in [0.1, 0.15) is 42.5 Å². The van der Waals surface area contributed by atoms with Crippen molar-refractivity contribution in [2.75, 3.05) is 0 Å². The van der Waals surface area contributed by atoms with Crippen LogP contribution in [0.5, 0.6) is 0 Å². The van der Waals surface area contributed by atoms with Gasteiger partial charge in [0.1, 0.15) is 0 Å². The van der Waals surface area contributed by atoms with Crippen LogP contribution in [0, 0.1) is 17.3 Å². The maximum Gasteiger partial charge on any atom is 0.251 e. The first-order chi connectivity index (χ1) is 9.69. The van der Waals surface area contributed by atoms with Gasteiger partial charge in [-0.1, -0.05) is 29.8 Å². The molecule has 4 atom stereocenters. The molecule has 1 amide bonds. The van der Waals surface area contributed by atoms with Crippen LogP contribution in [0.25, 0.3) is 0 Å². The van der Waals surface area contributed by atoms with Crippen molar-refractivity contribution >= 4 is 5.91 Å². The highest BCUT2D eigenvalue weighted by Gasteiger charge is 2.67. The van der Waals surface area contributed by atoms with Gasteiger partial charge in [-0.15, -0.1) is 0 Å². The first-order valence-corrected chi connectivity index (χ1v) is 7.78. The van der Waals surface area contributed by atoms with Gasteiger partial charge in [-0.25, -0.2) is 0 Å². The lowest BCUT2D eigenvalue weighted by Crippen LogP contribution is -2.49. The van der Waals surface area contributed by atoms with Crippen LogP contribution < -0.4 is 5.32 Å². The first-order valence-electron chi connectivity index (χ1n) is 7.78. The van der Waals surface area contributed by atoms with Crippen molar-refractivity contribution in [2.45, 2.75) is 37.6 Å². The lowest BCUT2D eigenvalue weighted by atomic mass is 9.63. The standard InChI is InChI=1S/C18H19NO/c20-16(13-4-2-1-3-5-13)19-17-8-12-6-14-7-15(10-17)18(14,9-12)11-17/h1-5,7,12,14H,6,8-11H2,(H,19,20). The molecular formula is C18H19NO. The van der Waals surface area contributed by atoms with Crippen LogP contribution in [0.2, 0.25) is 0 Å². The highest BCUT2D eigenvalue weighted by molar-refractivity contribution is 5.94. The van der Waals surface area contributed by atoms with E-state index in [2.05, 4.69) is 11.4 Å². The van der Waals surface area contributed by atoms with E-state index in [9.17, 15) is 4.79 Å². The Balaban J connectivity index is 1.46. The fraction of sp³-hybridized carbons (Fsp3) is 0.500. The minimum Gasteiger partial charge on any atom is -0.346 e. The van der Waals surface area contributed by atoms with Gasteiger partial charge in [-0.3, -0.25) is 4.79 Å². The molecule has 1 N–H and O–H groups in total. The zero-order chi connectivity index (χ0) is 13.4. The summed E-state index contributed by atoms with van der Waals surface area (Å²) < 4.78 is 0. The Labute approximate surface area is 119 Å². The second-order valence-electron chi connectivity index (χ2n) is 7.42. The number of hydrogen-bond donors (Lipinski definition) is 1. The van der Waals surface area contributed by atoms with Crippen molar-refractivity contribution in [3.8, 4) is 0 Å². The molecule has 0 saturated heterocycles. The summed E-state index contributed by atoms with van der Waals surface area (Å²) in [5, 5.41) is 3.41. The topological polar surface area (TPSA) is 29.1 Å². The summed E-state index contributed by atoms with van der Waals surface area (Å²) in [6, 6.07) is 9.65. The summed E-state index contributed by atoms with van der Waals surface area (Å²) in [7, 11) is 0. The second kappa shape index (κ2) is 3.36. The first kappa shape index (κ1) is 11.1. The summed E-state index contributed by atoms with van der Waals surface area (Å²) in [6.07, 6.45) is 8.78. The zero-order valence-electron chi connectivity index (χ0n) is 11.6. The van der Waals surface area contributed by atoms with Crippen molar-refractivity contribution < 1.29 is 4.79 Å². The minimum absolute atomic E-state index is 0.0624. The molecule has 0 radical (unpaired) electrons. The van der Waals surface area contributed by atoms with Crippen LogP contribution in [-0.2, 0) is 0 Å². The molecule has 2 heteroatoms. The van der Waals surface area contributed by atoms with Crippen molar-refractivity contribution in [2.24, 2.45) is 17.3 Å². The Hall–Kier alpha value is -1.57.